The number of anilines is 1. The van der Waals surface area contributed by atoms with Crippen molar-refractivity contribution < 1.29 is 18.6 Å². The van der Waals surface area contributed by atoms with Gasteiger partial charge in [0.15, 0.2) is 17.1 Å². The number of nitrogens with one attached hydrogen (secondary N) is 2. The number of pyridine rings is 1. The van der Waals surface area contributed by atoms with Gasteiger partial charge in [0.1, 0.15) is 5.69 Å². The van der Waals surface area contributed by atoms with E-state index in [4.69, 9.17) is 4.74 Å². The van der Waals surface area contributed by atoms with Crippen LogP contribution in [0.15, 0.2) is 23.1 Å². The standard InChI is InChI=1S/C26H31F2N5O3/c1-13(2)33-20(11-29-15-4-5-15)14(3)25(35)17-7-6-16(22(28)24(17)33)23-18(27)10-30-26(32-23)31-19-8-9-36-12-21(19)34/h6-7,10,13,15,19,21,29,34H,4-5,8-9,11-12H2,1-3H3,(H,30,31,32)/t19-,21-/m1/s1. The van der Waals surface area contributed by atoms with E-state index in [0.717, 1.165) is 24.7 Å². The van der Waals surface area contributed by atoms with E-state index in [2.05, 4.69) is 20.6 Å². The van der Waals surface area contributed by atoms with Gasteiger partial charge in [-0.15, -0.1) is 0 Å². The van der Waals surface area contributed by atoms with Gasteiger partial charge in [0, 0.05) is 47.4 Å². The van der Waals surface area contributed by atoms with Crippen molar-refractivity contribution in [2.24, 2.45) is 0 Å². The van der Waals surface area contributed by atoms with E-state index in [1.165, 1.54) is 12.1 Å². The Morgan fingerprint density at radius 3 is 2.72 bits per heavy atom. The van der Waals surface area contributed by atoms with E-state index in [-0.39, 0.29) is 52.2 Å². The number of aliphatic hydroxyl groups excluding tert-OH is 1. The Hall–Kier alpha value is -2.95. The van der Waals surface area contributed by atoms with Crippen LogP contribution in [0.4, 0.5) is 14.7 Å². The first kappa shape index (κ1) is 24.7. The van der Waals surface area contributed by atoms with E-state index in [9.17, 15) is 14.3 Å². The predicted molar refractivity (Wildman–Crippen MR) is 133 cm³/mol. The largest absolute Gasteiger partial charge is 0.389 e. The van der Waals surface area contributed by atoms with Crippen molar-refractivity contribution in [3.63, 3.8) is 0 Å². The number of nitrogens with zero attached hydrogens (tertiary/aromatic N) is 3. The number of benzene rings is 1. The van der Waals surface area contributed by atoms with Crippen LogP contribution in [-0.2, 0) is 11.3 Å². The maximum absolute atomic E-state index is 16.2. The third-order valence-corrected chi connectivity index (χ3v) is 6.96. The summed E-state index contributed by atoms with van der Waals surface area (Å²) in [5.41, 5.74) is 0.930. The molecule has 5 rings (SSSR count). The van der Waals surface area contributed by atoms with Gasteiger partial charge in [-0.3, -0.25) is 4.79 Å². The van der Waals surface area contributed by atoms with Gasteiger partial charge in [-0.2, -0.15) is 0 Å². The van der Waals surface area contributed by atoms with Gasteiger partial charge in [-0.05, 0) is 52.2 Å². The van der Waals surface area contributed by atoms with E-state index in [0.29, 0.717) is 31.2 Å². The molecule has 1 aliphatic heterocycles. The summed E-state index contributed by atoms with van der Waals surface area (Å²) >= 11 is 0. The van der Waals surface area contributed by atoms with Crippen molar-refractivity contribution in [3.8, 4) is 11.3 Å². The molecule has 1 aliphatic carbocycles. The van der Waals surface area contributed by atoms with Crippen LogP contribution in [0.5, 0.6) is 0 Å². The summed E-state index contributed by atoms with van der Waals surface area (Å²) < 4.78 is 38.2. The Morgan fingerprint density at radius 2 is 2.03 bits per heavy atom. The lowest BCUT2D eigenvalue weighted by atomic mass is 10.0. The molecule has 36 heavy (non-hydrogen) atoms. The molecular formula is C26H31F2N5O3. The summed E-state index contributed by atoms with van der Waals surface area (Å²) in [5.74, 6) is -1.41. The average Bonchev–Trinajstić information content (AvgIpc) is 3.68. The molecule has 3 aromatic rings. The molecule has 3 heterocycles. The number of hydrogen-bond acceptors (Lipinski definition) is 7. The Morgan fingerprint density at radius 1 is 1.25 bits per heavy atom. The van der Waals surface area contributed by atoms with Gasteiger partial charge in [-0.1, -0.05) is 0 Å². The lowest BCUT2D eigenvalue weighted by Gasteiger charge is -2.28. The van der Waals surface area contributed by atoms with E-state index in [1.807, 2.05) is 18.4 Å². The molecule has 2 atom stereocenters. The van der Waals surface area contributed by atoms with E-state index < -0.39 is 17.7 Å². The summed E-state index contributed by atoms with van der Waals surface area (Å²) in [5, 5.41) is 16.8. The van der Waals surface area contributed by atoms with Gasteiger partial charge in [-0.25, -0.2) is 18.7 Å². The maximum atomic E-state index is 16.2. The second-order valence-corrected chi connectivity index (χ2v) is 9.91. The number of ether oxygens (including phenoxy) is 1. The summed E-state index contributed by atoms with van der Waals surface area (Å²) in [6.45, 7) is 6.72. The normalized spacial score (nSPS) is 20.3. The quantitative estimate of drug-likeness (QED) is 0.458. The second kappa shape index (κ2) is 9.84. The van der Waals surface area contributed by atoms with Crippen LogP contribution in [0.1, 0.15) is 50.4 Å². The summed E-state index contributed by atoms with van der Waals surface area (Å²) in [7, 11) is 0. The third kappa shape index (κ3) is 4.60. The maximum Gasteiger partial charge on any atom is 0.223 e. The number of aliphatic hydroxyl groups is 1. The molecule has 0 unspecified atom stereocenters. The topological polar surface area (TPSA) is 101 Å². The molecule has 1 aromatic carbocycles. The minimum Gasteiger partial charge on any atom is -0.389 e. The number of fused-ring (bicyclic) bond motifs is 1. The zero-order chi connectivity index (χ0) is 25.6. The fourth-order valence-electron chi connectivity index (χ4n) is 4.81. The average molecular weight is 500 g/mol. The molecule has 0 spiro atoms. The molecule has 0 amide bonds. The second-order valence-electron chi connectivity index (χ2n) is 9.91. The van der Waals surface area contributed by atoms with Gasteiger partial charge < -0.3 is 25.0 Å². The van der Waals surface area contributed by atoms with Gasteiger partial charge >= 0.3 is 0 Å². The van der Waals surface area contributed by atoms with Crippen LogP contribution in [-0.4, -0.2) is 51.0 Å². The van der Waals surface area contributed by atoms with E-state index >= 15 is 4.39 Å². The molecule has 10 heteroatoms. The lowest BCUT2D eigenvalue weighted by Crippen LogP contribution is -2.42. The fourth-order valence-corrected chi connectivity index (χ4v) is 4.81. The van der Waals surface area contributed by atoms with Gasteiger partial charge in [0.25, 0.3) is 0 Å². The number of aromatic nitrogens is 3. The van der Waals surface area contributed by atoms with Crippen LogP contribution in [0.3, 0.4) is 0 Å². The Kier molecular flexibility index (Phi) is 6.76. The summed E-state index contributed by atoms with van der Waals surface area (Å²) in [6, 6.07) is 2.84. The lowest BCUT2D eigenvalue weighted by molar-refractivity contribution is -0.0136. The van der Waals surface area contributed by atoms with Crippen molar-refractivity contribution in [2.45, 2.75) is 70.8 Å². The van der Waals surface area contributed by atoms with Gasteiger partial charge in [0.05, 0.1) is 30.5 Å². The highest BCUT2D eigenvalue weighted by atomic mass is 19.1. The monoisotopic (exact) mass is 499 g/mol. The molecule has 1 saturated heterocycles. The zero-order valence-electron chi connectivity index (χ0n) is 20.6. The molecule has 0 radical (unpaired) electrons. The fraction of sp³-hybridized carbons (Fsp3) is 0.500. The molecule has 8 nitrogen and oxygen atoms in total. The van der Waals surface area contributed by atoms with Crippen molar-refractivity contribution >= 4 is 16.9 Å². The number of rotatable bonds is 7. The number of halogens is 2. The smallest absolute Gasteiger partial charge is 0.223 e. The Bertz CT molecular complexity index is 1360. The van der Waals surface area contributed by atoms with Crippen LogP contribution >= 0.6 is 0 Å². The van der Waals surface area contributed by atoms with Crippen molar-refractivity contribution in [1.29, 1.82) is 0 Å². The van der Waals surface area contributed by atoms with Crippen LogP contribution in [0.2, 0.25) is 0 Å². The molecular weight excluding hydrogens is 468 g/mol. The molecule has 1 saturated carbocycles. The molecule has 0 bridgehead atoms. The number of hydrogen-bond donors (Lipinski definition) is 3. The Balaban J connectivity index is 1.62. The van der Waals surface area contributed by atoms with E-state index in [1.54, 1.807) is 6.92 Å². The third-order valence-electron chi connectivity index (χ3n) is 6.96. The first-order chi connectivity index (χ1) is 17.3. The SMILES string of the molecule is Cc1c(CNC2CC2)n(C(C)C)c2c(F)c(-c3nc(N[C@@H]4CCOC[C@H]4O)ncc3F)ccc2c1=O. The van der Waals surface area contributed by atoms with Gasteiger partial charge in [0.2, 0.25) is 5.95 Å². The molecule has 2 fully saturated rings. The van der Waals surface area contributed by atoms with Crippen molar-refractivity contribution in [1.82, 2.24) is 19.9 Å². The highest BCUT2D eigenvalue weighted by Crippen LogP contribution is 2.32. The molecule has 2 aliphatic rings. The summed E-state index contributed by atoms with van der Waals surface area (Å²) in [4.78, 5) is 21.4. The van der Waals surface area contributed by atoms with Crippen molar-refractivity contribution in [3.05, 3.63) is 51.4 Å². The van der Waals surface area contributed by atoms with Crippen molar-refractivity contribution in [2.75, 3.05) is 18.5 Å². The Labute approximate surface area is 207 Å². The first-order valence-electron chi connectivity index (χ1n) is 12.4. The zero-order valence-corrected chi connectivity index (χ0v) is 20.6. The molecule has 192 valence electrons. The highest BCUT2D eigenvalue weighted by Gasteiger charge is 2.27. The first-order valence-corrected chi connectivity index (χ1v) is 12.4. The minimum absolute atomic E-state index is 0.0586. The van der Waals surface area contributed by atoms with Crippen LogP contribution < -0.4 is 16.1 Å². The van der Waals surface area contributed by atoms with Crippen LogP contribution in [0, 0.1) is 18.6 Å². The highest BCUT2D eigenvalue weighted by molar-refractivity contribution is 5.86. The minimum atomic E-state index is -0.785. The molecule has 2 aromatic heterocycles. The summed E-state index contributed by atoms with van der Waals surface area (Å²) in [6.07, 6.45) is 2.92. The molecule has 3 N–H and O–H groups in total. The van der Waals surface area contributed by atoms with Crippen LogP contribution in [0.25, 0.3) is 22.2 Å². The predicted octanol–water partition coefficient (Wildman–Crippen LogP) is 3.44.